The summed E-state index contributed by atoms with van der Waals surface area (Å²) in [6.07, 6.45) is 0. The van der Waals surface area contributed by atoms with E-state index < -0.39 is 18.0 Å². The minimum atomic E-state index is -1.36. The van der Waals surface area contributed by atoms with Crippen LogP contribution in [-0.2, 0) is 0 Å². The molecule has 0 unspecified atom stereocenters. The fraction of sp³-hybridized carbons (Fsp3) is 0. The van der Waals surface area contributed by atoms with Gasteiger partial charge in [0.15, 0.2) is 0 Å². The molecule has 0 aliphatic heterocycles. The fourth-order valence-corrected chi connectivity index (χ4v) is 2.07. The summed E-state index contributed by atoms with van der Waals surface area (Å²) in [7, 11) is 0. The van der Waals surface area contributed by atoms with Gasteiger partial charge in [0, 0.05) is 5.38 Å². The maximum atomic E-state index is 11.0. The van der Waals surface area contributed by atoms with Gasteiger partial charge in [0.05, 0.1) is 5.56 Å². The quantitative estimate of drug-likeness (QED) is 0.266. The SMILES string of the molecule is NC(=O)N(N)c1scc(C(=O)O)c1N(N)C(N)=O. The molecule has 1 rings (SSSR count). The molecule has 0 fully saturated rings. The number of carbonyl (C=O) groups is 3. The second kappa shape index (κ2) is 4.87. The molecule has 0 aliphatic rings. The van der Waals surface area contributed by atoms with Gasteiger partial charge in [-0.3, -0.25) is 0 Å². The molecule has 0 saturated carbocycles. The van der Waals surface area contributed by atoms with Crippen LogP contribution in [0.1, 0.15) is 10.4 Å². The molecule has 0 bridgehead atoms. The number of nitrogens with two attached hydrogens (primary N) is 4. The number of primary amides is 2. The number of urea groups is 2. The summed E-state index contributed by atoms with van der Waals surface area (Å²) in [6.45, 7) is 0. The molecule has 11 heteroatoms. The van der Waals surface area contributed by atoms with Crippen LogP contribution < -0.4 is 33.2 Å². The predicted octanol–water partition coefficient (Wildman–Crippen LogP) is -1.04. The summed E-state index contributed by atoms with van der Waals surface area (Å²) < 4.78 is 0. The van der Waals surface area contributed by atoms with Crippen LogP contribution in [-0.4, -0.2) is 23.1 Å². The molecule has 0 radical (unpaired) electrons. The molecule has 98 valence electrons. The summed E-state index contributed by atoms with van der Waals surface area (Å²) in [4.78, 5) is 32.9. The van der Waals surface area contributed by atoms with Gasteiger partial charge in [0.2, 0.25) is 0 Å². The molecule has 0 spiro atoms. The Morgan fingerprint density at radius 3 is 2.00 bits per heavy atom. The van der Waals surface area contributed by atoms with E-state index in [2.05, 4.69) is 0 Å². The average molecular weight is 274 g/mol. The Morgan fingerprint density at radius 1 is 1.11 bits per heavy atom. The van der Waals surface area contributed by atoms with E-state index >= 15 is 0 Å². The topological polar surface area (TPSA) is 182 Å². The van der Waals surface area contributed by atoms with E-state index in [0.717, 1.165) is 16.7 Å². The molecule has 1 heterocycles. The first kappa shape index (κ1) is 13.7. The third kappa shape index (κ3) is 2.32. The lowest BCUT2D eigenvalue weighted by molar-refractivity contribution is 0.0698. The third-order valence-corrected chi connectivity index (χ3v) is 2.88. The maximum absolute atomic E-state index is 11.0. The first-order valence-corrected chi connectivity index (χ1v) is 5.18. The highest BCUT2D eigenvalue weighted by Gasteiger charge is 2.27. The Kier molecular flexibility index (Phi) is 3.70. The molecule has 0 aromatic carbocycles. The molecule has 4 amide bonds. The van der Waals surface area contributed by atoms with E-state index in [1.54, 1.807) is 0 Å². The molecular weight excluding hydrogens is 264 g/mol. The Balaban J connectivity index is 3.41. The zero-order valence-electron chi connectivity index (χ0n) is 8.86. The number of amides is 4. The molecule has 1 aromatic heterocycles. The van der Waals surface area contributed by atoms with Gasteiger partial charge in [0.1, 0.15) is 10.7 Å². The van der Waals surface area contributed by atoms with Crippen LogP contribution >= 0.6 is 11.3 Å². The van der Waals surface area contributed by atoms with E-state index in [1.165, 1.54) is 0 Å². The molecule has 1 aromatic rings. The Labute approximate surface area is 104 Å². The van der Waals surface area contributed by atoms with Gasteiger partial charge in [-0.2, -0.15) is 0 Å². The Bertz CT molecular complexity index is 514. The van der Waals surface area contributed by atoms with Crippen LogP contribution in [0.2, 0.25) is 0 Å². The lowest BCUT2D eigenvalue weighted by Gasteiger charge is -2.19. The molecule has 9 N–H and O–H groups in total. The van der Waals surface area contributed by atoms with Gasteiger partial charge < -0.3 is 16.6 Å². The number of carbonyl (C=O) groups excluding carboxylic acids is 2. The van der Waals surface area contributed by atoms with Crippen LogP contribution in [0.15, 0.2) is 5.38 Å². The molecule has 10 nitrogen and oxygen atoms in total. The third-order valence-electron chi connectivity index (χ3n) is 1.91. The fourth-order valence-electron chi connectivity index (χ4n) is 1.11. The van der Waals surface area contributed by atoms with Crippen LogP contribution in [0, 0.1) is 0 Å². The number of hydrogen-bond acceptors (Lipinski definition) is 6. The standard InChI is InChI=1S/C7H10N6O4S/c8-6(16)12(10)3-2(5(14)15)1-18-4(3)13(11)7(9)17/h1H,10-11H2,(H2,8,16)(H2,9,17)(H,14,15). The molecule has 0 atom stereocenters. The van der Waals surface area contributed by atoms with E-state index in [0.29, 0.717) is 10.0 Å². The van der Waals surface area contributed by atoms with Crippen molar-refractivity contribution in [2.24, 2.45) is 23.2 Å². The van der Waals surface area contributed by atoms with Crippen molar-refractivity contribution in [2.45, 2.75) is 0 Å². The second-order valence-electron chi connectivity index (χ2n) is 3.02. The summed E-state index contributed by atoms with van der Waals surface area (Å²) in [6, 6.07) is -2.16. The van der Waals surface area contributed by atoms with Crippen molar-refractivity contribution in [1.29, 1.82) is 0 Å². The number of carboxylic acids is 1. The van der Waals surface area contributed by atoms with Gasteiger partial charge >= 0.3 is 18.0 Å². The lowest BCUT2D eigenvalue weighted by atomic mass is 10.2. The van der Waals surface area contributed by atoms with E-state index in [-0.39, 0.29) is 16.3 Å². The Hall–Kier alpha value is -2.37. The number of rotatable bonds is 3. The molecule has 0 aliphatic carbocycles. The van der Waals surface area contributed by atoms with Crippen LogP contribution in [0.5, 0.6) is 0 Å². The number of thiophene rings is 1. The summed E-state index contributed by atoms with van der Waals surface area (Å²) in [5.41, 5.74) is 9.25. The predicted molar refractivity (Wildman–Crippen MR) is 63.8 cm³/mol. The summed E-state index contributed by atoms with van der Waals surface area (Å²) in [5.74, 6) is 9.30. The smallest absolute Gasteiger partial charge is 0.338 e. The number of anilines is 2. The number of nitrogens with zero attached hydrogens (tertiary/aromatic N) is 2. The summed E-state index contributed by atoms with van der Waals surface area (Å²) >= 11 is 0.776. The van der Waals surface area contributed by atoms with Crippen molar-refractivity contribution < 1.29 is 19.5 Å². The number of aromatic carboxylic acids is 1. The van der Waals surface area contributed by atoms with E-state index in [9.17, 15) is 14.4 Å². The number of hydrazine groups is 2. The average Bonchev–Trinajstić information content (AvgIpc) is 2.70. The van der Waals surface area contributed by atoms with Crippen molar-refractivity contribution in [3.8, 4) is 0 Å². The zero-order chi connectivity index (χ0) is 14.0. The van der Waals surface area contributed by atoms with Crippen LogP contribution in [0.4, 0.5) is 20.3 Å². The first-order chi connectivity index (χ1) is 8.27. The van der Waals surface area contributed by atoms with Gasteiger partial charge in [-0.1, -0.05) is 0 Å². The lowest BCUT2D eigenvalue weighted by Crippen LogP contribution is -2.45. The highest BCUT2D eigenvalue weighted by Crippen LogP contribution is 2.37. The number of carboxylic acid groups (broad SMARTS) is 1. The van der Waals surface area contributed by atoms with Gasteiger partial charge in [-0.25, -0.2) is 36.1 Å². The largest absolute Gasteiger partial charge is 0.478 e. The van der Waals surface area contributed by atoms with E-state index in [4.69, 9.17) is 28.3 Å². The van der Waals surface area contributed by atoms with Gasteiger partial charge in [-0.05, 0) is 0 Å². The van der Waals surface area contributed by atoms with Gasteiger partial charge in [0.25, 0.3) is 0 Å². The minimum Gasteiger partial charge on any atom is -0.478 e. The van der Waals surface area contributed by atoms with Crippen molar-refractivity contribution in [2.75, 3.05) is 10.0 Å². The highest BCUT2D eigenvalue weighted by molar-refractivity contribution is 7.15. The molecular formula is C7H10N6O4S. The summed E-state index contributed by atoms with van der Waals surface area (Å²) in [5, 5.41) is 10.8. The van der Waals surface area contributed by atoms with Crippen molar-refractivity contribution in [3.63, 3.8) is 0 Å². The van der Waals surface area contributed by atoms with Crippen LogP contribution in [0.25, 0.3) is 0 Å². The van der Waals surface area contributed by atoms with E-state index in [1.807, 2.05) is 0 Å². The highest BCUT2D eigenvalue weighted by atomic mass is 32.1. The van der Waals surface area contributed by atoms with Gasteiger partial charge in [-0.15, -0.1) is 11.3 Å². The Morgan fingerprint density at radius 2 is 1.61 bits per heavy atom. The molecule has 0 saturated heterocycles. The number of hydrogen-bond donors (Lipinski definition) is 5. The monoisotopic (exact) mass is 274 g/mol. The first-order valence-electron chi connectivity index (χ1n) is 4.30. The van der Waals surface area contributed by atoms with Crippen molar-refractivity contribution in [1.82, 2.24) is 0 Å². The van der Waals surface area contributed by atoms with Crippen molar-refractivity contribution >= 4 is 40.1 Å². The normalized spacial score (nSPS) is 9.89. The van der Waals surface area contributed by atoms with Crippen molar-refractivity contribution in [3.05, 3.63) is 10.9 Å². The zero-order valence-corrected chi connectivity index (χ0v) is 9.68. The maximum Gasteiger partial charge on any atom is 0.338 e. The van der Waals surface area contributed by atoms with Crippen LogP contribution in [0.3, 0.4) is 0 Å². The minimum absolute atomic E-state index is 0.110. The molecule has 18 heavy (non-hydrogen) atoms. The second-order valence-corrected chi connectivity index (χ2v) is 3.88.